The number of carboxylic acids is 2. The van der Waals surface area contributed by atoms with E-state index in [-0.39, 0.29) is 30.3 Å². The van der Waals surface area contributed by atoms with E-state index in [1.165, 1.54) is 0 Å². The molecule has 1 aromatic heterocycles. The van der Waals surface area contributed by atoms with Gasteiger partial charge in [-0.2, -0.15) is 0 Å². The first-order valence-electron chi connectivity index (χ1n) is 13.4. The van der Waals surface area contributed by atoms with Crippen molar-refractivity contribution in [1.29, 1.82) is 0 Å². The summed E-state index contributed by atoms with van der Waals surface area (Å²) in [5, 5.41) is 19.5. The number of benzene rings is 3. The molecule has 0 aliphatic heterocycles. The van der Waals surface area contributed by atoms with Gasteiger partial charge in [0.15, 0.2) is 11.6 Å². The highest BCUT2D eigenvalue weighted by molar-refractivity contribution is 6.32. The Kier molecular flexibility index (Phi) is 10.4. The number of carbonyl (C=O) groups is 2. The van der Waals surface area contributed by atoms with E-state index in [0.717, 1.165) is 27.6 Å². The van der Waals surface area contributed by atoms with Crippen LogP contribution in [0.25, 0.3) is 23.1 Å². The third kappa shape index (κ3) is 8.01. The van der Waals surface area contributed by atoms with E-state index in [1.54, 1.807) is 42.0 Å². The maximum absolute atomic E-state index is 14.1. The van der Waals surface area contributed by atoms with Gasteiger partial charge in [0.2, 0.25) is 0 Å². The number of para-hydroxylation sites is 1. The van der Waals surface area contributed by atoms with Crippen LogP contribution in [-0.2, 0) is 22.6 Å². The second kappa shape index (κ2) is 14.4. The molecule has 42 heavy (non-hydrogen) atoms. The molecule has 2 N–H and O–H groups in total. The summed E-state index contributed by atoms with van der Waals surface area (Å²) in [5.74, 6) is -1.56. The Morgan fingerprint density at radius 2 is 1.69 bits per heavy atom. The van der Waals surface area contributed by atoms with Gasteiger partial charge in [-0.25, -0.2) is 4.39 Å². The monoisotopic (exact) mass is 591 g/mol. The zero-order valence-electron chi connectivity index (χ0n) is 23.1. The number of ether oxygens (including phenoxy) is 2. The summed E-state index contributed by atoms with van der Waals surface area (Å²) < 4.78 is 27.0. The Morgan fingerprint density at radius 1 is 0.952 bits per heavy atom. The SMILES string of the molecule is Cc1ccc(Cl)c(OC/C=C/COc2ccc(C=Cc3cccc4c(CCCC(=O)O)cn(CC(=O)O)c34)cc2)c1F. The molecule has 0 saturated heterocycles. The molecule has 0 spiro atoms. The summed E-state index contributed by atoms with van der Waals surface area (Å²) >= 11 is 6.01. The van der Waals surface area contributed by atoms with E-state index in [0.29, 0.717) is 30.8 Å². The van der Waals surface area contributed by atoms with Gasteiger partial charge in [-0.1, -0.05) is 60.2 Å². The number of aromatic nitrogens is 1. The molecule has 0 unspecified atom stereocenters. The fourth-order valence-corrected chi connectivity index (χ4v) is 4.73. The lowest BCUT2D eigenvalue weighted by Gasteiger charge is -2.08. The second-order valence-corrected chi connectivity index (χ2v) is 10.1. The quantitative estimate of drug-likeness (QED) is 0.117. The van der Waals surface area contributed by atoms with Crippen molar-refractivity contribution in [2.45, 2.75) is 32.7 Å². The van der Waals surface area contributed by atoms with Gasteiger partial charge < -0.3 is 24.3 Å². The van der Waals surface area contributed by atoms with Gasteiger partial charge in [-0.3, -0.25) is 9.59 Å². The minimum absolute atomic E-state index is 0.0355. The molecule has 3 aromatic carbocycles. The number of aryl methyl sites for hydroxylation is 2. The molecule has 0 bridgehead atoms. The molecule has 218 valence electrons. The lowest BCUT2D eigenvalue weighted by Crippen LogP contribution is -2.07. The molecular weight excluding hydrogens is 561 g/mol. The van der Waals surface area contributed by atoms with Gasteiger partial charge in [0, 0.05) is 18.0 Å². The van der Waals surface area contributed by atoms with Crippen molar-refractivity contribution in [3.8, 4) is 11.5 Å². The molecular formula is C33H31ClFNO6. The van der Waals surface area contributed by atoms with Crippen molar-refractivity contribution < 1.29 is 33.7 Å². The molecule has 0 aliphatic carbocycles. The molecule has 0 fully saturated rings. The van der Waals surface area contributed by atoms with Crippen molar-refractivity contribution in [3.05, 3.63) is 106 Å². The topological polar surface area (TPSA) is 98.0 Å². The molecule has 0 amide bonds. The Morgan fingerprint density at radius 3 is 2.40 bits per heavy atom. The highest BCUT2D eigenvalue weighted by Gasteiger charge is 2.14. The summed E-state index contributed by atoms with van der Waals surface area (Å²) in [7, 11) is 0. The minimum Gasteiger partial charge on any atom is -0.490 e. The van der Waals surface area contributed by atoms with Gasteiger partial charge in [0.1, 0.15) is 25.5 Å². The summed E-state index contributed by atoms with van der Waals surface area (Å²) in [5.41, 5.74) is 3.97. The molecule has 0 saturated carbocycles. The number of fused-ring (bicyclic) bond motifs is 1. The molecule has 4 aromatic rings. The summed E-state index contributed by atoms with van der Waals surface area (Å²) in [4.78, 5) is 22.5. The van der Waals surface area contributed by atoms with E-state index < -0.39 is 17.8 Å². The van der Waals surface area contributed by atoms with Crippen molar-refractivity contribution >= 4 is 46.6 Å². The predicted molar refractivity (Wildman–Crippen MR) is 162 cm³/mol. The Labute approximate surface area is 248 Å². The number of hydrogen-bond donors (Lipinski definition) is 2. The van der Waals surface area contributed by atoms with Gasteiger partial charge in [0.25, 0.3) is 0 Å². The predicted octanol–water partition coefficient (Wildman–Crippen LogP) is 7.42. The van der Waals surface area contributed by atoms with Gasteiger partial charge >= 0.3 is 11.9 Å². The lowest BCUT2D eigenvalue weighted by atomic mass is 10.0. The number of halogens is 2. The maximum Gasteiger partial charge on any atom is 0.323 e. The highest BCUT2D eigenvalue weighted by Crippen LogP contribution is 2.30. The van der Waals surface area contributed by atoms with Gasteiger partial charge in [-0.15, -0.1) is 0 Å². The summed E-state index contributed by atoms with van der Waals surface area (Å²) in [6.45, 7) is 1.91. The fourth-order valence-electron chi connectivity index (χ4n) is 4.53. The van der Waals surface area contributed by atoms with Crippen molar-refractivity contribution in [3.63, 3.8) is 0 Å². The molecule has 0 radical (unpaired) electrons. The Balaban J connectivity index is 1.37. The molecule has 1 heterocycles. The first-order chi connectivity index (χ1) is 20.2. The van der Waals surface area contributed by atoms with E-state index >= 15 is 0 Å². The number of nitrogens with zero attached hydrogens (tertiary/aromatic N) is 1. The molecule has 9 heteroatoms. The highest BCUT2D eigenvalue weighted by atomic mass is 35.5. The largest absolute Gasteiger partial charge is 0.490 e. The average molecular weight is 592 g/mol. The van der Waals surface area contributed by atoms with Crippen LogP contribution in [0.5, 0.6) is 11.5 Å². The molecule has 0 atom stereocenters. The third-order valence-electron chi connectivity index (χ3n) is 6.57. The summed E-state index contributed by atoms with van der Waals surface area (Å²) in [6, 6.07) is 16.5. The standard InChI is InChI=1S/C33H31ClFNO6/c1-22-10-17-28(34)33(31(22)35)42-19-3-2-18-41-26-15-12-23(13-16-26)11-14-24-6-4-8-27-25(7-5-9-29(37)38)20-36(32(24)27)21-30(39)40/h2-4,6,8,10-17,20H,5,7,9,18-19,21H2,1H3,(H,37,38)(H,39,40)/b3-2+,14-11?. The van der Waals surface area contributed by atoms with E-state index in [9.17, 15) is 19.1 Å². The average Bonchev–Trinajstić information content (AvgIpc) is 3.30. The van der Waals surface area contributed by atoms with Gasteiger partial charge in [-0.05, 0) is 72.4 Å². The lowest BCUT2D eigenvalue weighted by molar-refractivity contribution is -0.138. The van der Waals surface area contributed by atoms with Crippen LogP contribution in [0.4, 0.5) is 4.39 Å². The van der Waals surface area contributed by atoms with Crippen LogP contribution in [0, 0.1) is 12.7 Å². The van der Waals surface area contributed by atoms with Gasteiger partial charge in [0.05, 0.1) is 10.5 Å². The number of aliphatic carboxylic acids is 2. The zero-order valence-corrected chi connectivity index (χ0v) is 23.8. The van der Waals surface area contributed by atoms with Crippen molar-refractivity contribution in [2.75, 3.05) is 13.2 Å². The first kappa shape index (κ1) is 30.4. The molecule has 4 rings (SSSR count). The number of carboxylic acid groups (broad SMARTS) is 2. The maximum atomic E-state index is 14.1. The summed E-state index contributed by atoms with van der Waals surface area (Å²) in [6.07, 6.45) is 10.3. The van der Waals surface area contributed by atoms with Crippen LogP contribution in [0.1, 0.15) is 35.1 Å². The fraction of sp³-hybridized carbons (Fsp3) is 0.212. The van der Waals surface area contributed by atoms with E-state index in [4.69, 9.17) is 26.2 Å². The van der Waals surface area contributed by atoms with E-state index in [1.807, 2.05) is 54.6 Å². The second-order valence-electron chi connectivity index (χ2n) is 9.67. The van der Waals surface area contributed by atoms with Crippen LogP contribution in [-0.4, -0.2) is 39.9 Å². The normalized spacial score (nSPS) is 11.5. The van der Waals surface area contributed by atoms with Crippen LogP contribution in [0.2, 0.25) is 5.02 Å². The van der Waals surface area contributed by atoms with Crippen LogP contribution in [0.3, 0.4) is 0 Å². The Bertz CT molecular complexity index is 1620. The third-order valence-corrected chi connectivity index (χ3v) is 6.87. The molecule has 7 nitrogen and oxygen atoms in total. The van der Waals surface area contributed by atoms with Crippen molar-refractivity contribution in [2.24, 2.45) is 0 Å². The van der Waals surface area contributed by atoms with Crippen LogP contribution in [0.15, 0.2) is 72.9 Å². The van der Waals surface area contributed by atoms with Crippen LogP contribution < -0.4 is 9.47 Å². The number of rotatable bonds is 14. The zero-order chi connectivity index (χ0) is 30.1. The van der Waals surface area contributed by atoms with E-state index in [2.05, 4.69) is 0 Å². The number of hydrogen-bond acceptors (Lipinski definition) is 4. The minimum atomic E-state index is -0.953. The smallest absolute Gasteiger partial charge is 0.323 e. The Hall–Kier alpha value is -4.56. The molecule has 0 aliphatic rings. The van der Waals surface area contributed by atoms with Crippen LogP contribution >= 0.6 is 11.6 Å². The van der Waals surface area contributed by atoms with Crippen molar-refractivity contribution in [1.82, 2.24) is 4.57 Å². The first-order valence-corrected chi connectivity index (χ1v) is 13.8.